The van der Waals surface area contributed by atoms with E-state index in [0.717, 1.165) is 18.1 Å². The van der Waals surface area contributed by atoms with Gasteiger partial charge in [0.1, 0.15) is 29.2 Å². The van der Waals surface area contributed by atoms with Crippen LogP contribution in [0.3, 0.4) is 0 Å². The summed E-state index contributed by atoms with van der Waals surface area (Å²) >= 11 is 1.56. The van der Waals surface area contributed by atoms with Crippen molar-refractivity contribution in [3.63, 3.8) is 0 Å². The third-order valence-electron chi connectivity index (χ3n) is 4.12. The Kier molecular flexibility index (Phi) is 4.89. The standard InChI is InChI=1S/C15H18N4O4S/c20-10-6-11(24-5-4-9-2-1-3-9)19-14(17-8-18-19)13(10)15(23)16-7-12(21)22/h6,8-9,20H,1-5,7H2,(H,16,23)(H,21,22). The minimum absolute atomic E-state index is 0.0721. The first-order valence-corrected chi connectivity index (χ1v) is 8.73. The molecule has 0 unspecified atom stereocenters. The number of nitrogens with zero attached hydrogens (tertiary/aromatic N) is 3. The van der Waals surface area contributed by atoms with Crippen LogP contribution < -0.4 is 5.32 Å². The maximum Gasteiger partial charge on any atom is 0.322 e. The highest BCUT2D eigenvalue weighted by molar-refractivity contribution is 7.99. The number of aromatic hydroxyl groups is 1. The molecule has 1 fully saturated rings. The van der Waals surface area contributed by atoms with Crippen molar-refractivity contribution in [2.45, 2.75) is 30.7 Å². The zero-order chi connectivity index (χ0) is 17.1. The Morgan fingerprint density at radius 1 is 1.42 bits per heavy atom. The molecule has 1 amide bonds. The lowest BCUT2D eigenvalue weighted by Crippen LogP contribution is -2.29. The van der Waals surface area contributed by atoms with Gasteiger partial charge in [-0.3, -0.25) is 9.59 Å². The van der Waals surface area contributed by atoms with Crippen LogP contribution in [0.4, 0.5) is 0 Å². The number of rotatable bonds is 7. The maximum absolute atomic E-state index is 12.1. The largest absolute Gasteiger partial charge is 0.507 e. The number of fused-ring (bicyclic) bond motifs is 1. The summed E-state index contributed by atoms with van der Waals surface area (Å²) in [6.07, 6.45) is 6.30. The van der Waals surface area contributed by atoms with Crippen molar-refractivity contribution in [2.24, 2.45) is 5.92 Å². The summed E-state index contributed by atoms with van der Waals surface area (Å²) in [5, 5.41) is 25.9. The first-order chi connectivity index (χ1) is 11.6. The molecule has 128 valence electrons. The van der Waals surface area contributed by atoms with E-state index in [0.29, 0.717) is 5.03 Å². The molecule has 3 N–H and O–H groups in total. The summed E-state index contributed by atoms with van der Waals surface area (Å²) in [6, 6.07) is 1.48. The molecular formula is C15H18N4O4S. The summed E-state index contributed by atoms with van der Waals surface area (Å²) in [5.74, 6) is -0.394. The summed E-state index contributed by atoms with van der Waals surface area (Å²) in [5.41, 5.74) is 0.140. The second-order valence-corrected chi connectivity index (χ2v) is 6.86. The Morgan fingerprint density at radius 3 is 2.88 bits per heavy atom. The smallest absolute Gasteiger partial charge is 0.322 e. The van der Waals surface area contributed by atoms with Crippen LogP contribution >= 0.6 is 11.8 Å². The van der Waals surface area contributed by atoms with E-state index in [-0.39, 0.29) is 17.0 Å². The number of carbonyl (C=O) groups is 2. The average molecular weight is 350 g/mol. The van der Waals surface area contributed by atoms with E-state index in [4.69, 9.17) is 5.11 Å². The molecule has 0 aliphatic heterocycles. The minimum atomic E-state index is -1.16. The lowest BCUT2D eigenvalue weighted by atomic mass is 9.84. The number of carboxylic acid groups (broad SMARTS) is 1. The van der Waals surface area contributed by atoms with Crippen LogP contribution in [0.25, 0.3) is 5.65 Å². The van der Waals surface area contributed by atoms with Gasteiger partial charge in [-0.1, -0.05) is 19.3 Å². The van der Waals surface area contributed by atoms with Gasteiger partial charge in [0.05, 0.1) is 0 Å². The van der Waals surface area contributed by atoms with E-state index in [2.05, 4.69) is 15.4 Å². The summed E-state index contributed by atoms with van der Waals surface area (Å²) in [4.78, 5) is 26.7. The maximum atomic E-state index is 12.1. The van der Waals surface area contributed by atoms with Gasteiger partial charge < -0.3 is 15.5 Å². The molecule has 9 heteroatoms. The zero-order valence-electron chi connectivity index (χ0n) is 12.9. The number of amides is 1. The van der Waals surface area contributed by atoms with E-state index in [9.17, 15) is 14.7 Å². The van der Waals surface area contributed by atoms with Gasteiger partial charge in [-0.2, -0.15) is 5.10 Å². The second-order valence-electron chi connectivity index (χ2n) is 5.75. The van der Waals surface area contributed by atoms with Gasteiger partial charge in [0.2, 0.25) is 0 Å². The Labute approximate surface area is 142 Å². The number of hydrogen-bond acceptors (Lipinski definition) is 6. The summed E-state index contributed by atoms with van der Waals surface area (Å²) < 4.78 is 1.50. The van der Waals surface area contributed by atoms with Crippen molar-refractivity contribution in [1.29, 1.82) is 0 Å². The van der Waals surface area contributed by atoms with Crippen LogP contribution in [0.2, 0.25) is 0 Å². The fourth-order valence-electron chi connectivity index (χ4n) is 2.61. The van der Waals surface area contributed by atoms with E-state index in [1.807, 2.05) is 0 Å². The number of aliphatic carboxylic acids is 1. The molecule has 1 aliphatic rings. The Balaban J connectivity index is 1.80. The Bertz CT molecular complexity index is 772. The van der Waals surface area contributed by atoms with Crippen molar-refractivity contribution < 1.29 is 19.8 Å². The molecule has 1 saturated carbocycles. The number of aromatic nitrogens is 3. The topological polar surface area (TPSA) is 117 Å². The number of pyridine rings is 1. The van der Waals surface area contributed by atoms with Gasteiger partial charge in [0.15, 0.2) is 5.65 Å². The van der Waals surface area contributed by atoms with E-state index in [1.54, 1.807) is 11.8 Å². The molecule has 1 aliphatic carbocycles. The van der Waals surface area contributed by atoms with Crippen LogP contribution in [0.1, 0.15) is 36.0 Å². The molecule has 0 atom stereocenters. The number of carboxylic acids is 1. The van der Waals surface area contributed by atoms with Crippen molar-refractivity contribution in [1.82, 2.24) is 19.9 Å². The number of hydrogen-bond donors (Lipinski definition) is 3. The number of carbonyl (C=O) groups excluding carboxylic acids is 1. The Morgan fingerprint density at radius 2 is 2.21 bits per heavy atom. The van der Waals surface area contributed by atoms with Gasteiger partial charge in [-0.25, -0.2) is 9.50 Å². The van der Waals surface area contributed by atoms with E-state index < -0.39 is 18.4 Å². The molecule has 0 radical (unpaired) electrons. The Hall–Kier alpha value is -2.29. The fourth-order valence-corrected chi connectivity index (χ4v) is 3.73. The van der Waals surface area contributed by atoms with Crippen LogP contribution in [-0.4, -0.2) is 49.0 Å². The molecule has 0 spiro atoms. The van der Waals surface area contributed by atoms with Gasteiger partial charge in [-0.05, 0) is 18.1 Å². The quantitative estimate of drug-likeness (QED) is 0.648. The van der Waals surface area contributed by atoms with Gasteiger partial charge >= 0.3 is 5.97 Å². The average Bonchev–Trinajstić information content (AvgIpc) is 2.96. The fraction of sp³-hybridized carbons (Fsp3) is 0.467. The molecule has 3 rings (SSSR count). The van der Waals surface area contributed by atoms with E-state index >= 15 is 0 Å². The lowest BCUT2D eigenvalue weighted by molar-refractivity contribution is -0.135. The third-order valence-corrected chi connectivity index (χ3v) is 5.15. The molecule has 24 heavy (non-hydrogen) atoms. The number of nitrogens with one attached hydrogen (secondary N) is 1. The number of thioether (sulfide) groups is 1. The predicted molar refractivity (Wildman–Crippen MR) is 87.3 cm³/mol. The molecular weight excluding hydrogens is 332 g/mol. The van der Waals surface area contributed by atoms with Crippen LogP contribution in [-0.2, 0) is 4.79 Å². The second kappa shape index (κ2) is 7.08. The van der Waals surface area contributed by atoms with Crippen LogP contribution in [0, 0.1) is 5.92 Å². The molecule has 8 nitrogen and oxygen atoms in total. The monoisotopic (exact) mass is 350 g/mol. The SMILES string of the molecule is O=C(O)CNC(=O)c1c(O)cc(SCCC2CCC2)n2ncnc12. The molecule has 0 aromatic carbocycles. The molecule has 0 bridgehead atoms. The molecule has 2 heterocycles. The summed E-state index contributed by atoms with van der Waals surface area (Å²) in [6.45, 7) is -0.531. The predicted octanol–water partition coefficient (Wildman–Crippen LogP) is 1.53. The van der Waals surface area contributed by atoms with E-state index in [1.165, 1.54) is 36.2 Å². The highest BCUT2D eigenvalue weighted by Gasteiger charge is 2.22. The highest BCUT2D eigenvalue weighted by atomic mass is 32.2. The van der Waals surface area contributed by atoms with Crippen LogP contribution in [0.15, 0.2) is 17.4 Å². The van der Waals surface area contributed by atoms with Crippen molar-refractivity contribution in [2.75, 3.05) is 12.3 Å². The third kappa shape index (κ3) is 3.45. The van der Waals surface area contributed by atoms with Gasteiger partial charge in [-0.15, -0.1) is 11.8 Å². The van der Waals surface area contributed by atoms with Crippen molar-refractivity contribution >= 4 is 29.3 Å². The van der Waals surface area contributed by atoms with Gasteiger partial charge in [0, 0.05) is 6.07 Å². The van der Waals surface area contributed by atoms with Crippen molar-refractivity contribution in [3.8, 4) is 5.75 Å². The first kappa shape index (κ1) is 16.6. The molecule has 2 aromatic rings. The van der Waals surface area contributed by atoms with Gasteiger partial charge in [0.25, 0.3) is 5.91 Å². The van der Waals surface area contributed by atoms with Crippen molar-refractivity contribution in [3.05, 3.63) is 18.0 Å². The summed E-state index contributed by atoms with van der Waals surface area (Å²) in [7, 11) is 0. The molecule has 2 aromatic heterocycles. The molecule has 0 saturated heterocycles. The van der Waals surface area contributed by atoms with Crippen LogP contribution in [0.5, 0.6) is 5.75 Å². The minimum Gasteiger partial charge on any atom is -0.507 e. The zero-order valence-corrected chi connectivity index (χ0v) is 13.8. The first-order valence-electron chi connectivity index (χ1n) is 7.74. The normalized spacial score (nSPS) is 14.5. The highest BCUT2D eigenvalue weighted by Crippen LogP contribution is 2.33. The lowest BCUT2D eigenvalue weighted by Gasteiger charge is -2.24.